The Morgan fingerprint density at radius 3 is 2.32 bits per heavy atom. The second-order valence-corrected chi connectivity index (χ2v) is 7.04. The summed E-state index contributed by atoms with van der Waals surface area (Å²) >= 11 is 0. The van der Waals surface area contributed by atoms with Crippen LogP contribution < -0.4 is 15.8 Å². The molecule has 2 atom stereocenters. The number of amides is 1. The molecule has 1 fully saturated rings. The van der Waals surface area contributed by atoms with E-state index in [0.29, 0.717) is 19.1 Å². The third-order valence-corrected chi connectivity index (χ3v) is 5.17. The van der Waals surface area contributed by atoms with E-state index >= 15 is 0 Å². The van der Waals surface area contributed by atoms with Gasteiger partial charge >= 0.3 is 0 Å². The van der Waals surface area contributed by atoms with Crippen molar-refractivity contribution in [1.29, 1.82) is 0 Å². The summed E-state index contributed by atoms with van der Waals surface area (Å²) in [6, 6.07) is 15.4. The van der Waals surface area contributed by atoms with E-state index in [1.54, 1.807) is 7.11 Å². The summed E-state index contributed by atoms with van der Waals surface area (Å²) in [5.41, 5.74) is 7.77. The van der Waals surface area contributed by atoms with Crippen molar-refractivity contribution in [1.82, 2.24) is 0 Å². The highest BCUT2D eigenvalue weighted by molar-refractivity contribution is 5.93. The summed E-state index contributed by atoms with van der Waals surface area (Å²) in [5.74, 6) is 1.92. The molecule has 3 N–H and O–H groups in total. The molecule has 0 saturated heterocycles. The van der Waals surface area contributed by atoms with Gasteiger partial charge in [-0.1, -0.05) is 18.6 Å². The van der Waals surface area contributed by atoms with Crippen LogP contribution in [-0.4, -0.2) is 26.2 Å². The van der Waals surface area contributed by atoms with E-state index in [1.807, 2.05) is 48.5 Å². The van der Waals surface area contributed by atoms with Gasteiger partial charge in [0.2, 0.25) is 5.91 Å². The summed E-state index contributed by atoms with van der Waals surface area (Å²) in [7, 11) is 1.70. The summed E-state index contributed by atoms with van der Waals surface area (Å²) < 4.78 is 11.0. The number of methoxy groups -OCH3 is 1. The Hall–Kier alpha value is -2.08. The third-order valence-electron chi connectivity index (χ3n) is 5.17. The van der Waals surface area contributed by atoms with Gasteiger partial charge in [-0.25, -0.2) is 0 Å². The van der Waals surface area contributed by atoms with E-state index in [0.717, 1.165) is 42.9 Å². The molecule has 152 valence electrons. The number of anilines is 1. The van der Waals surface area contributed by atoms with Gasteiger partial charge in [0.25, 0.3) is 0 Å². The quantitative estimate of drug-likeness (QED) is 0.683. The monoisotopic (exact) mass is 404 g/mol. The van der Waals surface area contributed by atoms with Crippen LogP contribution in [0.1, 0.15) is 24.8 Å². The number of benzene rings is 2. The first-order valence-corrected chi connectivity index (χ1v) is 9.56. The number of nitrogens with one attached hydrogen (secondary N) is 1. The number of carbonyl (C=O) groups excluding carboxylic acids is 1. The molecule has 1 aliphatic carbocycles. The molecule has 3 rings (SSSR count). The smallest absolute Gasteiger partial charge is 0.227 e. The second kappa shape index (κ2) is 11.1. The molecule has 1 saturated carbocycles. The van der Waals surface area contributed by atoms with Crippen molar-refractivity contribution < 1.29 is 14.3 Å². The SMILES string of the molecule is COCCc1ccc(Oc2ccc(NC(=O)[C@@H]3CCC[C@@H]3CN)cc2)cc1.Cl. The molecular formula is C22H29ClN2O3. The van der Waals surface area contributed by atoms with Crippen molar-refractivity contribution in [2.24, 2.45) is 17.6 Å². The van der Waals surface area contributed by atoms with Gasteiger partial charge in [-0.3, -0.25) is 4.79 Å². The van der Waals surface area contributed by atoms with Crippen LogP contribution >= 0.6 is 12.4 Å². The van der Waals surface area contributed by atoms with Crippen LogP contribution in [0, 0.1) is 11.8 Å². The highest BCUT2D eigenvalue weighted by Crippen LogP contribution is 2.32. The van der Waals surface area contributed by atoms with Crippen LogP contribution in [0.4, 0.5) is 5.69 Å². The molecule has 2 aromatic carbocycles. The molecule has 0 heterocycles. The molecule has 0 unspecified atom stereocenters. The molecule has 28 heavy (non-hydrogen) atoms. The fourth-order valence-corrected chi connectivity index (χ4v) is 3.59. The number of hydrogen-bond acceptors (Lipinski definition) is 4. The van der Waals surface area contributed by atoms with Crippen molar-refractivity contribution in [2.45, 2.75) is 25.7 Å². The Morgan fingerprint density at radius 1 is 1.07 bits per heavy atom. The molecule has 6 heteroatoms. The molecule has 1 amide bonds. The predicted octanol–water partition coefficient (Wildman–Crippen LogP) is 4.40. The van der Waals surface area contributed by atoms with Crippen LogP contribution in [0.2, 0.25) is 0 Å². The molecule has 0 bridgehead atoms. The number of ether oxygens (including phenoxy) is 2. The Balaban J connectivity index is 0.00000280. The van der Waals surface area contributed by atoms with Crippen molar-refractivity contribution in [3.8, 4) is 11.5 Å². The molecule has 2 aromatic rings. The first-order chi connectivity index (χ1) is 13.2. The van der Waals surface area contributed by atoms with E-state index in [9.17, 15) is 4.79 Å². The molecule has 1 aliphatic rings. The number of hydrogen-bond donors (Lipinski definition) is 2. The molecule has 0 spiro atoms. The van der Waals surface area contributed by atoms with Gasteiger partial charge in [-0.2, -0.15) is 0 Å². The first-order valence-electron chi connectivity index (χ1n) is 9.56. The lowest BCUT2D eigenvalue weighted by Crippen LogP contribution is -2.29. The van der Waals surface area contributed by atoms with Crippen molar-refractivity contribution in [3.63, 3.8) is 0 Å². The van der Waals surface area contributed by atoms with Crippen LogP contribution in [0.5, 0.6) is 11.5 Å². The fraction of sp³-hybridized carbons (Fsp3) is 0.409. The van der Waals surface area contributed by atoms with Crippen LogP contribution in [0.15, 0.2) is 48.5 Å². The van der Waals surface area contributed by atoms with Gasteiger partial charge in [0.1, 0.15) is 11.5 Å². The van der Waals surface area contributed by atoms with Crippen LogP contribution in [0.25, 0.3) is 0 Å². The van der Waals surface area contributed by atoms with E-state index in [2.05, 4.69) is 5.32 Å². The number of halogens is 1. The fourth-order valence-electron chi connectivity index (χ4n) is 3.59. The van der Waals surface area contributed by atoms with Crippen LogP contribution in [0.3, 0.4) is 0 Å². The van der Waals surface area contributed by atoms with E-state index < -0.39 is 0 Å². The summed E-state index contributed by atoms with van der Waals surface area (Å²) in [6.07, 6.45) is 3.94. The van der Waals surface area contributed by atoms with Crippen molar-refractivity contribution in [3.05, 3.63) is 54.1 Å². The lowest BCUT2D eigenvalue weighted by Gasteiger charge is -2.17. The van der Waals surface area contributed by atoms with Gasteiger partial charge in [-0.15, -0.1) is 12.4 Å². The summed E-state index contributed by atoms with van der Waals surface area (Å²) in [5, 5.41) is 3.00. The van der Waals surface area contributed by atoms with E-state index in [-0.39, 0.29) is 24.2 Å². The molecule has 0 aliphatic heterocycles. The Labute approximate surface area is 173 Å². The average molecular weight is 405 g/mol. The summed E-state index contributed by atoms with van der Waals surface area (Å²) in [6.45, 7) is 1.29. The van der Waals surface area contributed by atoms with Crippen molar-refractivity contribution >= 4 is 24.0 Å². The number of nitrogens with two attached hydrogens (primary N) is 1. The Morgan fingerprint density at radius 2 is 1.71 bits per heavy atom. The maximum absolute atomic E-state index is 12.5. The normalized spacial score (nSPS) is 18.4. The lowest BCUT2D eigenvalue weighted by atomic mass is 9.95. The predicted molar refractivity (Wildman–Crippen MR) is 114 cm³/mol. The number of rotatable bonds is 8. The third kappa shape index (κ3) is 5.96. The highest BCUT2D eigenvalue weighted by atomic mass is 35.5. The minimum atomic E-state index is 0. The van der Waals surface area contributed by atoms with Gasteiger partial charge in [0, 0.05) is 18.7 Å². The molecule has 0 aromatic heterocycles. The first kappa shape index (κ1) is 22.2. The Kier molecular flexibility index (Phi) is 8.77. The number of carbonyl (C=O) groups is 1. The maximum Gasteiger partial charge on any atom is 0.227 e. The summed E-state index contributed by atoms with van der Waals surface area (Å²) in [4.78, 5) is 12.5. The average Bonchev–Trinajstić information content (AvgIpc) is 3.18. The molecule has 5 nitrogen and oxygen atoms in total. The van der Waals surface area contributed by atoms with Crippen LogP contribution in [-0.2, 0) is 16.0 Å². The molecular weight excluding hydrogens is 376 g/mol. The standard InChI is InChI=1S/C22H28N2O3.ClH/c1-26-14-13-16-5-9-19(10-6-16)27-20-11-7-18(8-12-20)24-22(25)21-4-2-3-17(21)15-23;/h5-12,17,21H,2-4,13-15,23H2,1H3,(H,24,25);1H/t17-,21-;/m1./s1. The Bertz CT molecular complexity index is 734. The van der Waals surface area contributed by atoms with Gasteiger partial charge in [-0.05, 0) is 73.7 Å². The minimum absolute atomic E-state index is 0. The minimum Gasteiger partial charge on any atom is -0.457 e. The van der Waals surface area contributed by atoms with E-state index in [1.165, 1.54) is 5.56 Å². The largest absolute Gasteiger partial charge is 0.457 e. The van der Waals surface area contributed by atoms with Gasteiger partial charge in [0.05, 0.1) is 6.61 Å². The van der Waals surface area contributed by atoms with Crippen molar-refractivity contribution in [2.75, 3.05) is 25.6 Å². The zero-order valence-electron chi connectivity index (χ0n) is 16.2. The maximum atomic E-state index is 12.5. The highest BCUT2D eigenvalue weighted by Gasteiger charge is 2.31. The van der Waals surface area contributed by atoms with Gasteiger partial charge < -0.3 is 20.5 Å². The molecule has 0 radical (unpaired) electrons. The second-order valence-electron chi connectivity index (χ2n) is 7.04. The van der Waals surface area contributed by atoms with E-state index in [4.69, 9.17) is 15.2 Å². The zero-order chi connectivity index (χ0) is 19.1. The topological polar surface area (TPSA) is 73.6 Å². The van der Waals surface area contributed by atoms with Gasteiger partial charge in [0.15, 0.2) is 0 Å². The lowest BCUT2D eigenvalue weighted by molar-refractivity contribution is -0.120. The zero-order valence-corrected chi connectivity index (χ0v) is 17.0.